The second-order valence-corrected chi connectivity index (χ2v) is 4.70. The smallest absolute Gasteiger partial charge is 0.310 e. The minimum Gasteiger partial charge on any atom is -0.481 e. The Morgan fingerprint density at radius 1 is 1.30 bits per heavy atom. The van der Waals surface area contributed by atoms with Gasteiger partial charge < -0.3 is 10.4 Å². The number of carbonyl (C=O) groups is 2. The summed E-state index contributed by atoms with van der Waals surface area (Å²) in [6.07, 6.45) is 3.15. The maximum absolute atomic E-state index is 13.8. The highest BCUT2D eigenvalue weighted by Gasteiger charge is 2.27. The number of carbonyl (C=O) groups excluding carboxylic acids is 1. The zero-order valence-electron chi connectivity index (χ0n) is 10.7. The van der Waals surface area contributed by atoms with Gasteiger partial charge in [-0.15, -0.1) is 0 Å². The number of carboxylic acids is 1. The first-order valence-corrected chi connectivity index (χ1v) is 6.06. The quantitative estimate of drug-likeness (QED) is 0.833. The molecule has 1 aliphatic rings. The fourth-order valence-corrected chi connectivity index (χ4v) is 2.09. The van der Waals surface area contributed by atoms with Gasteiger partial charge in [-0.05, 0) is 25.0 Å². The summed E-state index contributed by atoms with van der Waals surface area (Å²) in [4.78, 5) is 22.7. The molecule has 0 fully saturated rings. The van der Waals surface area contributed by atoms with E-state index in [-0.39, 0.29) is 12.0 Å². The van der Waals surface area contributed by atoms with Crippen LogP contribution >= 0.6 is 0 Å². The number of aliphatic carboxylic acids is 1. The van der Waals surface area contributed by atoms with Crippen LogP contribution in [-0.4, -0.2) is 23.0 Å². The lowest BCUT2D eigenvalue weighted by Crippen LogP contribution is -2.34. The maximum atomic E-state index is 13.8. The van der Waals surface area contributed by atoms with E-state index in [9.17, 15) is 18.4 Å². The van der Waals surface area contributed by atoms with Crippen LogP contribution in [-0.2, 0) is 4.79 Å². The molecule has 1 aliphatic carbocycles. The molecule has 0 saturated heterocycles. The summed E-state index contributed by atoms with van der Waals surface area (Å²) in [6.45, 7) is 1.43. The molecule has 2 rings (SSSR count). The molecular weight excluding hydrogens is 268 g/mol. The second kappa shape index (κ2) is 5.40. The molecule has 2 atom stereocenters. The van der Waals surface area contributed by atoms with Crippen LogP contribution in [0.4, 0.5) is 8.78 Å². The van der Waals surface area contributed by atoms with E-state index in [1.165, 1.54) is 25.1 Å². The Morgan fingerprint density at radius 3 is 2.60 bits per heavy atom. The number of amides is 1. The summed E-state index contributed by atoms with van der Waals surface area (Å²) in [7, 11) is 0. The van der Waals surface area contributed by atoms with Crippen molar-refractivity contribution >= 4 is 11.9 Å². The van der Waals surface area contributed by atoms with Crippen LogP contribution in [0.5, 0.6) is 0 Å². The van der Waals surface area contributed by atoms with E-state index < -0.39 is 41.0 Å². The van der Waals surface area contributed by atoms with Crippen LogP contribution < -0.4 is 5.32 Å². The first-order valence-electron chi connectivity index (χ1n) is 6.06. The Labute approximate surface area is 114 Å². The van der Waals surface area contributed by atoms with Crippen LogP contribution in [0.1, 0.15) is 22.3 Å². The van der Waals surface area contributed by atoms with Crippen LogP contribution in [0.2, 0.25) is 0 Å². The zero-order chi connectivity index (χ0) is 14.9. The molecule has 0 aliphatic heterocycles. The van der Waals surface area contributed by atoms with Crippen molar-refractivity contribution in [1.29, 1.82) is 0 Å². The Hall–Kier alpha value is -2.24. The van der Waals surface area contributed by atoms with E-state index >= 15 is 0 Å². The van der Waals surface area contributed by atoms with Gasteiger partial charge in [0.25, 0.3) is 5.91 Å². The third kappa shape index (κ3) is 2.68. The number of benzene rings is 1. The average Bonchev–Trinajstić information content (AvgIpc) is 2.83. The van der Waals surface area contributed by atoms with Crippen molar-refractivity contribution in [2.75, 3.05) is 0 Å². The van der Waals surface area contributed by atoms with Crippen molar-refractivity contribution in [3.63, 3.8) is 0 Å². The zero-order valence-corrected chi connectivity index (χ0v) is 10.7. The number of halogens is 2. The molecule has 0 bridgehead atoms. The van der Waals surface area contributed by atoms with Gasteiger partial charge in [-0.3, -0.25) is 9.59 Å². The monoisotopic (exact) mass is 281 g/mol. The SMILES string of the molecule is Cc1ccc(F)c(C(=O)NC2C=CC(C(=O)O)C2)c1F. The summed E-state index contributed by atoms with van der Waals surface area (Å²) in [5, 5.41) is 11.2. The fraction of sp³-hybridized carbons (Fsp3) is 0.286. The highest BCUT2D eigenvalue weighted by atomic mass is 19.1. The second-order valence-electron chi connectivity index (χ2n) is 4.70. The number of aryl methyl sites for hydroxylation is 1. The van der Waals surface area contributed by atoms with Gasteiger partial charge in [0.2, 0.25) is 0 Å². The summed E-state index contributed by atoms with van der Waals surface area (Å²) >= 11 is 0. The maximum Gasteiger partial charge on any atom is 0.310 e. The van der Waals surface area contributed by atoms with Gasteiger partial charge in [-0.2, -0.15) is 0 Å². The summed E-state index contributed by atoms with van der Waals surface area (Å²) in [6, 6.07) is 1.73. The number of hydrogen-bond acceptors (Lipinski definition) is 2. The van der Waals surface area contributed by atoms with Crippen molar-refractivity contribution in [3.05, 3.63) is 47.0 Å². The van der Waals surface area contributed by atoms with E-state index in [0.717, 1.165) is 6.07 Å². The predicted molar refractivity (Wildman–Crippen MR) is 67.2 cm³/mol. The molecule has 106 valence electrons. The molecule has 2 N–H and O–H groups in total. The van der Waals surface area contributed by atoms with Crippen LogP contribution in [0, 0.1) is 24.5 Å². The first-order chi connectivity index (χ1) is 9.40. The molecular formula is C14H13F2NO3. The number of hydrogen-bond donors (Lipinski definition) is 2. The molecule has 6 heteroatoms. The molecule has 1 aromatic carbocycles. The summed E-state index contributed by atoms with van der Waals surface area (Å²) < 4.78 is 27.3. The number of carboxylic acid groups (broad SMARTS) is 1. The normalized spacial score (nSPS) is 20.9. The highest BCUT2D eigenvalue weighted by molar-refractivity contribution is 5.95. The number of nitrogens with one attached hydrogen (secondary N) is 1. The van der Waals surface area contributed by atoms with Crippen molar-refractivity contribution in [2.24, 2.45) is 5.92 Å². The lowest BCUT2D eigenvalue weighted by molar-refractivity contribution is -0.140. The van der Waals surface area contributed by atoms with Gasteiger partial charge in [0, 0.05) is 6.04 Å². The van der Waals surface area contributed by atoms with Gasteiger partial charge in [0.05, 0.1) is 5.92 Å². The third-order valence-electron chi connectivity index (χ3n) is 3.23. The van der Waals surface area contributed by atoms with Gasteiger partial charge in [0.1, 0.15) is 17.2 Å². The fourth-order valence-electron chi connectivity index (χ4n) is 2.09. The third-order valence-corrected chi connectivity index (χ3v) is 3.23. The summed E-state index contributed by atoms with van der Waals surface area (Å²) in [5.41, 5.74) is -0.473. The minimum absolute atomic E-state index is 0.168. The molecule has 0 radical (unpaired) electrons. The topological polar surface area (TPSA) is 66.4 Å². The first kappa shape index (κ1) is 14.2. The Kier molecular flexibility index (Phi) is 3.83. The molecule has 1 amide bonds. The standard InChI is InChI=1S/C14H13F2NO3/c1-7-2-5-10(15)11(12(7)16)13(18)17-9-4-3-8(6-9)14(19)20/h2-5,8-9H,6H2,1H3,(H,17,18)(H,19,20). The van der Waals surface area contributed by atoms with Crippen LogP contribution in [0.25, 0.3) is 0 Å². The molecule has 0 saturated carbocycles. The largest absolute Gasteiger partial charge is 0.481 e. The summed E-state index contributed by atoms with van der Waals surface area (Å²) in [5.74, 6) is -4.41. The van der Waals surface area contributed by atoms with Crippen LogP contribution in [0.15, 0.2) is 24.3 Å². The molecule has 0 spiro atoms. The van der Waals surface area contributed by atoms with E-state index in [0.29, 0.717) is 0 Å². The van der Waals surface area contributed by atoms with Crippen molar-refractivity contribution < 1.29 is 23.5 Å². The Balaban J connectivity index is 2.13. The minimum atomic E-state index is -0.995. The predicted octanol–water partition coefficient (Wildman–Crippen LogP) is 2.03. The van der Waals surface area contributed by atoms with Gasteiger partial charge in [-0.1, -0.05) is 18.2 Å². The van der Waals surface area contributed by atoms with Gasteiger partial charge in [-0.25, -0.2) is 8.78 Å². The lowest BCUT2D eigenvalue weighted by atomic mass is 10.1. The van der Waals surface area contributed by atoms with E-state index in [2.05, 4.69) is 5.32 Å². The van der Waals surface area contributed by atoms with E-state index in [1.54, 1.807) is 0 Å². The van der Waals surface area contributed by atoms with E-state index in [1.807, 2.05) is 0 Å². The Morgan fingerprint density at radius 2 is 2.00 bits per heavy atom. The average molecular weight is 281 g/mol. The Bertz CT molecular complexity index is 598. The van der Waals surface area contributed by atoms with Crippen molar-refractivity contribution in [2.45, 2.75) is 19.4 Å². The van der Waals surface area contributed by atoms with Crippen molar-refractivity contribution in [3.8, 4) is 0 Å². The van der Waals surface area contributed by atoms with E-state index in [4.69, 9.17) is 5.11 Å². The number of rotatable bonds is 3. The molecule has 2 unspecified atom stereocenters. The van der Waals surface area contributed by atoms with Gasteiger partial charge >= 0.3 is 5.97 Å². The highest BCUT2D eigenvalue weighted by Crippen LogP contribution is 2.20. The molecule has 20 heavy (non-hydrogen) atoms. The van der Waals surface area contributed by atoms with Crippen molar-refractivity contribution in [1.82, 2.24) is 5.32 Å². The molecule has 0 heterocycles. The van der Waals surface area contributed by atoms with Crippen LogP contribution in [0.3, 0.4) is 0 Å². The van der Waals surface area contributed by atoms with Gasteiger partial charge in [0.15, 0.2) is 0 Å². The molecule has 1 aromatic rings. The molecule has 0 aromatic heterocycles. The lowest BCUT2D eigenvalue weighted by Gasteiger charge is -2.13. The molecule has 4 nitrogen and oxygen atoms in total.